The van der Waals surface area contributed by atoms with Gasteiger partial charge in [0, 0.05) is 52.0 Å². The lowest BCUT2D eigenvalue weighted by atomic mass is 10.1. The molecule has 0 fully saturated rings. The normalized spacial score (nSPS) is 12.9. The summed E-state index contributed by atoms with van der Waals surface area (Å²) < 4.78 is 10.8. The number of halogens is 1. The summed E-state index contributed by atoms with van der Waals surface area (Å²) in [6, 6.07) is 14.6. The minimum Gasteiger partial charge on any atom is -0.493 e. The Labute approximate surface area is 211 Å². The molecule has 9 heteroatoms. The van der Waals surface area contributed by atoms with Gasteiger partial charge in [0.2, 0.25) is 0 Å². The zero-order chi connectivity index (χ0) is 22.8. The van der Waals surface area contributed by atoms with Crippen molar-refractivity contribution < 1.29 is 19.1 Å². The first-order valence-electron chi connectivity index (χ1n) is 10.8. The number of carbonyl (C=O) groups excluding carboxylic acids is 2. The van der Waals surface area contributed by atoms with Crippen molar-refractivity contribution in [1.29, 1.82) is 0 Å². The summed E-state index contributed by atoms with van der Waals surface area (Å²) in [6.07, 6.45) is 2.33. The largest absolute Gasteiger partial charge is 0.493 e. The molecule has 0 atom stereocenters. The van der Waals surface area contributed by atoms with Gasteiger partial charge >= 0.3 is 0 Å². The topological polar surface area (TPSA) is 92.3 Å². The highest BCUT2D eigenvalue weighted by Gasteiger charge is 2.34. The molecular weight excluding hydrogens is 535 g/mol. The predicted octanol–water partition coefficient (Wildman–Crippen LogP) is 3.78. The van der Waals surface area contributed by atoms with Crippen LogP contribution in [0.5, 0.6) is 5.75 Å². The third kappa shape index (κ3) is 7.43. The molecule has 0 spiro atoms. The zero-order valence-corrected chi connectivity index (χ0v) is 21.3. The minimum absolute atomic E-state index is 0. The molecule has 0 saturated carbocycles. The van der Waals surface area contributed by atoms with Crippen LogP contribution < -0.4 is 15.4 Å². The third-order valence-corrected chi connectivity index (χ3v) is 5.06. The van der Waals surface area contributed by atoms with Gasteiger partial charge in [-0.2, -0.15) is 0 Å². The molecule has 8 nitrogen and oxygen atoms in total. The average molecular weight is 566 g/mol. The molecule has 0 saturated heterocycles. The summed E-state index contributed by atoms with van der Waals surface area (Å²) in [6.45, 7) is 2.33. The number of ether oxygens (including phenoxy) is 2. The van der Waals surface area contributed by atoms with Crippen molar-refractivity contribution in [2.75, 3.05) is 45.8 Å². The third-order valence-electron chi connectivity index (χ3n) is 5.06. The molecule has 1 heterocycles. The van der Waals surface area contributed by atoms with Gasteiger partial charge in [0.1, 0.15) is 5.75 Å². The van der Waals surface area contributed by atoms with E-state index in [4.69, 9.17) is 9.47 Å². The van der Waals surface area contributed by atoms with Crippen LogP contribution in [0.25, 0.3) is 0 Å². The zero-order valence-electron chi connectivity index (χ0n) is 19.0. The van der Waals surface area contributed by atoms with Crippen molar-refractivity contribution in [3.05, 3.63) is 59.7 Å². The van der Waals surface area contributed by atoms with Crippen molar-refractivity contribution in [3.8, 4) is 5.75 Å². The Morgan fingerprint density at radius 1 is 0.970 bits per heavy atom. The van der Waals surface area contributed by atoms with E-state index in [0.717, 1.165) is 24.3 Å². The van der Waals surface area contributed by atoms with E-state index in [1.54, 1.807) is 38.4 Å². The van der Waals surface area contributed by atoms with Crippen molar-refractivity contribution in [2.24, 2.45) is 4.99 Å². The fraction of sp³-hybridized carbons (Fsp3) is 0.375. The SMILES string of the molecule is CN=C(NCCCCN1C(=O)c2ccccc2C1=O)Nc1cccc(OCCCOC)c1.I. The number of nitrogens with one attached hydrogen (secondary N) is 2. The van der Waals surface area contributed by atoms with E-state index in [9.17, 15) is 9.59 Å². The molecule has 0 radical (unpaired) electrons. The molecule has 1 aliphatic rings. The molecule has 2 aromatic rings. The Morgan fingerprint density at radius 2 is 1.70 bits per heavy atom. The van der Waals surface area contributed by atoms with Gasteiger partial charge in [-0.25, -0.2) is 0 Å². The van der Waals surface area contributed by atoms with E-state index in [1.165, 1.54) is 4.90 Å². The van der Waals surface area contributed by atoms with Gasteiger partial charge in [-0.1, -0.05) is 18.2 Å². The first-order valence-corrected chi connectivity index (χ1v) is 10.8. The van der Waals surface area contributed by atoms with Crippen LogP contribution in [0.4, 0.5) is 5.69 Å². The number of hydrogen-bond acceptors (Lipinski definition) is 5. The molecule has 0 unspecified atom stereocenters. The first kappa shape index (κ1) is 26.6. The summed E-state index contributed by atoms with van der Waals surface area (Å²) in [7, 11) is 3.38. The van der Waals surface area contributed by atoms with Gasteiger partial charge in [-0.05, 0) is 37.1 Å². The van der Waals surface area contributed by atoms with E-state index in [-0.39, 0.29) is 35.8 Å². The Kier molecular flexibility index (Phi) is 11.1. The van der Waals surface area contributed by atoms with Gasteiger partial charge in [-0.15, -0.1) is 24.0 Å². The van der Waals surface area contributed by atoms with Crippen molar-refractivity contribution >= 4 is 47.4 Å². The molecular formula is C24H31IN4O4. The Bertz CT molecular complexity index is 932. The molecule has 33 heavy (non-hydrogen) atoms. The van der Waals surface area contributed by atoms with E-state index in [2.05, 4.69) is 15.6 Å². The summed E-state index contributed by atoms with van der Waals surface area (Å²) >= 11 is 0. The molecule has 3 rings (SSSR count). The van der Waals surface area contributed by atoms with E-state index < -0.39 is 0 Å². The number of hydrogen-bond donors (Lipinski definition) is 2. The van der Waals surface area contributed by atoms with Crippen LogP contribution in [-0.2, 0) is 4.74 Å². The highest BCUT2D eigenvalue weighted by Crippen LogP contribution is 2.22. The standard InChI is InChI=1S/C24H30N4O4.HI/c1-25-24(27-18-9-7-10-19(17-18)32-16-8-15-31-2)26-13-5-6-14-28-22(29)20-11-3-4-12-21(20)23(28)30;/h3-4,7,9-12,17H,5-6,8,13-16H2,1-2H3,(H2,25,26,27);1H. The quantitative estimate of drug-likeness (QED) is 0.142. The maximum Gasteiger partial charge on any atom is 0.261 e. The second kappa shape index (κ2) is 13.8. The van der Waals surface area contributed by atoms with E-state index in [1.807, 2.05) is 24.3 Å². The lowest BCUT2D eigenvalue weighted by molar-refractivity contribution is 0.0652. The second-order valence-corrected chi connectivity index (χ2v) is 7.36. The van der Waals surface area contributed by atoms with Gasteiger partial charge in [0.15, 0.2) is 5.96 Å². The Balaban J connectivity index is 0.00000385. The molecule has 2 amide bonds. The van der Waals surface area contributed by atoms with Crippen LogP contribution in [0.2, 0.25) is 0 Å². The molecule has 0 aromatic heterocycles. The van der Waals surface area contributed by atoms with Crippen LogP contribution in [0.3, 0.4) is 0 Å². The van der Waals surface area contributed by atoms with Crippen LogP contribution in [-0.4, -0.2) is 63.1 Å². The highest BCUT2D eigenvalue weighted by molar-refractivity contribution is 14.0. The summed E-state index contributed by atoms with van der Waals surface area (Å²) in [5, 5.41) is 6.50. The fourth-order valence-corrected chi connectivity index (χ4v) is 3.42. The molecule has 2 N–H and O–H groups in total. The van der Waals surface area contributed by atoms with Gasteiger partial charge < -0.3 is 20.1 Å². The summed E-state index contributed by atoms with van der Waals surface area (Å²) in [5.74, 6) is 1.01. The molecule has 178 valence electrons. The number of guanidine groups is 1. The summed E-state index contributed by atoms with van der Waals surface area (Å²) in [5.41, 5.74) is 1.85. The number of nitrogens with zero attached hydrogens (tertiary/aromatic N) is 2. The number of anilines is 1. The van der Waals surface area contributed by atoms with Crippen molar-refractivity contribution in [1.82, 2.24) is 10.2 Å². The number of imide groups is 1. The summed E-state index contributed by atoms with van der Waals surface area (Å²) in [4.78, 5) is 30.4. The second-order valence-electron chi connectivity index (χ2n) is 7.36. The Hall–Kier alpha value is -2.66. The molecule has 0 aliphatic carbocycles. The fourth-order valence-electron chi connectivity index (χ4n) is 3.42. The maximum atomic E-state index is 12.4. The first-order chi connectivity index (χ1) is 15.6. The van der Waals surface area contributed by atoms with Gasteiger partial charge in [0.05, 0.1) is 17.7 Å². The molecule has 0 bridgehead atoms. The maximum absolute atomic E-state index is 12.4. The highest BCUT2D eigenvalue weighted by atomic mass is 127. The molecule has 2 aromatic carbocycles. The predicted molar refractivity (Wildman–Crippen MR) is 140 cm³/mol. The number of methoxy groups -OCH3 is 1. The van der Waals surface area contributed by atoms with Gasteiger partial charge in [-0.3, -0.25) is 19.5 Å². The number of carbonyl (C=O) groups is 2. The van der Waals surface area contributed by atoms with E-state index in [0.29, 0.717) is 49.8 Å². The molecule has 1 aliphatic heterocycles. The monoisotopic (exact) mass is 566 g/mol. The number of aliphatic imine (C=N–C) groups is 1. The van der Waals surface area contributed by atoms with Crippen molar-refractivity contribution in [2.45, 2.75) is 19.3 Å². The Morgan fingerprint density at radius 3 is 2.36 bits per heavy atom. The number of rotatable bonds is 11. The van der Waals surface area contributed by atoms with Crippen LogP contribution in [0.1, 0.15) is 40.0 Å². The number of fused-ring (bicyclic) bond motifs is 1. The average Bonchev–Trinajstić information content (AvgIpc) is 3.06. The van der Waals surface area contributed by atoms with E-state index >= 15 is 0 Å². The van der Waals surface area contributed by atoms with Crippen molar-refractivity contribution in [3.63, 3.8) is 0 Å². The van der Waals surface area contributed by atoms with Gasteiger partial charge in [0.25, 0.3) is 11.8 Å². The van der Waals surface area contributed by atoms with Crippen LogP contribution in [0.15, 0.2) is 53.5 Å². The minimum atomic E-state index is -0.208. The van der Waals surface area contributed by atoms with Crippen LogP contribution >= 0.6 is 24.0 Å². The lowest BCUT2D eigenvalue weighted by Gasteiger charge is -2.15. The van der Waals surface area contributed by atoms with Crippen LogP contribution in [0, 0.1) is 0 Å². The number of benzene rings is 2. The number of unbranched alkanes of at least 4 members (excludes halogenated alkanes) is 1. The lowest BCUT2D eigenvalue weighted by Crippen LogP contribution is -2.33. The number of amides is 2. The smallest absolute Gasteiger partial charge is 0.261 e.